The van der Waals surface area contributed by atoms with Gasteiger partial charge in [-0.1, -0.05) is 0 Å². The maximum atomic E-state index is 12.5. The van der Waals surface area contributed by atoms with Gasteiger partial charge in [0.25, 0.3) is 5.91 Å². The second kappa shape index (κ2) is 7.60. The van der Waals surface area contributed by atoms with Crippen LogP contribution >= 0.6 is 0 Å². The number of piperidine rings is 1. The Balaban J connectivity index is 1.67. The van der Waals surface area contributed by atoms with Crippen molar-refractivity contribution in [3.05, 3.63) is 29.8 Å². The predicted molar refractivity (Wildman–Crippen MR) is 89.4 cm³/mol. The van der Waals surface area contributed by atoms with E-state index in [-0.39, 0.29) is 16.8 Å². The van der Waals surface area contributed by atoms with E-state index in [4.69, 9.17) is 4.74 Å². The van der Waals surface area contributed by atoms with Gasteiger partial charge in [0.2, 0.25) is 10.0 Å². The summed E-state index contributed by atoms with van der Waals surface area (Å²) < 4.78 is 31.7. The number of morpholine rings is 1. The SMILES string of the molecule is O=C(N[C@H]1CCCNC1)c1ccc(S(=O)(=O)N2CCOCC2)cc1. The number of nitrogens with one attached hydrogen (secondary N) is 2. The topological polar surface area (TPSA) is 87.7 Å². The Morgan fingerprint density at radius 3 is 2.54 bits per heavy atom. The molecule has 2 aliphatic heterocycles. The Bertz CT molecular complexity index is 663. The summed E-state index contributed by atoms with van der Waals surface area (Å²) in [5.74, 6) is -0.168. The van der Waals surface area contributed by atoms with Crippen LogP contribution in [0.4, 0.5) is 0 Å². The molecule has 0 bridgehead atoms. The summed E-state index contributed by atoms with van der Waals surface area (Å²) in [6, 6.07) is 6.26. The zero-order valence-corrected chi connectivity index (χ0v) is 14.3. The summed E-state index contributed by atoms with van der Waals surface area (Å²) >= 11 is 0. The van der Waals surface area contributed by atoms with Gasteiger partial charge in [0.1, 0.15) is 0 Å². The van der Waals surface area contributed by atoms with Crippen molar-refractivity contribution in [1.82, 2.24) is 14.9 Å². The number of carbonyl (C=O) groups excluding carboxylic acids is 1. The van der Waals surface area contributed by atoms with Crippen LogP contribution in [0.3, 0.4) is 0 Å². The fourth-order valence-electron chi connectivity index (χ4n) is 2.96. The summed E-state index contributed by atoms with van der Waals surface area (Å²) in [4.78, 5) is 12.5. The van der Waals surface area contributed by atoms with Crippen LogP contribution in [0.15, 0.2) is 29.2 Å². The Morgan fingerprint density at radius 1 is 1.21 bits per heavy atom. The lowest BCUT2D eigenvalue weighted by Gasteiger charge is -2.26. The smallest absolute Gasteiger partial charge is 0.251 e. The van der Waals surface area contributed by atoms with Crippen LogP contribution in [0.2, 0.25) is 0 Å². The first-order valence-corrected chi connectivity index (χ1v) is 9.71. The molecule has 2 saturated heterocycles. The molecule has 0 aliphatic carbocycles. The van der Waals surface area contributed by atoms with Gasteiger partial charge in [0, 0.05) is 31.2 Å². The van der Waals surface area contributed by atoms with Gasteiger partial charge in [-0.05, 0) is 43.7 Å². The highest BCUT2D eigenvalue weighted by Crippen LogP contribution is 2.18. The van der Waals surface area contributed by atoms with E-state index in [2.05, 4.69) is 10.6 Å². The number of amides is 1. The monoisotopic (exact) mass is 353 g/mol. The highest BCUT2D eigenvalue weighted by molar-refractivity contribution is 7.89. The van der Waals surface area contributed by atoms with E-state index in [1.54, 1.807) is 12.1 Å². The molecule has 1 amide bonds. The average molecular weight is 353 g/mol. The molecule has 3 rings (SSSR count). The molecule has 2 aliphatic rings. The third kappa shape index (κ3) is 3.94. The quantitative estimate of drug-likeness (QED) is 0.807. The molecule has 2 heterocycles. The highest BCUT2D eigenvalue weighted by atomic mass is 32.2. The molecule has 132 valence electrons. The van der Waals surface area contributed by atoms with E-state index in [0.717, 1.165) is 25.9 Å². The number of hydrogen-bond acceptors (Lipinski definition) is 5. The number of nitrogens with zero attached hydrogens (tertiary/aromatic N) is 1. The first-order chi connectivity index (χ1) is 11.6. The lowest BCUT2D eigenvalue weighted by molar-refractivity contribution is 0.0730. The standard InChI is InChI=1S/C16H23N3O4S/c20-16(18-14-2-1-7-17-12-14)13-3-5-15(6-4-13)24(21,22)19-8-10-23-11-9-19/h3-6,14,17H,1-2,7-12H2,(H,18,20)/t14-/m0/s1. The summed E-state index contributed by atoms with van der Waals surface area (Å²) in [5, 5.41) is 6.23. The molecular formula is C16H23N3O4S. The second-order valence-electron chi connectivity index (χ2n) is 6.06. The Hall–Kier alpha value is -1.48. The van der Waals surface area contributed by atoms with Gasteiger partial charge in [-0.15, -0.1) is 0 Å². The van der Waals surface area contributed by atoms with Crippen LogP contribution in [0.25, 0.3) is 0 Å². The second-order valence-corrected chi connectivity index (χ2v) is 8.00. The van der Waals surface area contributed by atoms with Gasteiger partial charge >= 0.3 is 0 Å². The summed E-state index contributed by atoms with van der Waals surface area (Å²) in [5.41, 5.74) is 0.474. The molecule has 8 heteroatoms. The van der Waals surface area contributed by atoms with E-state index in [1.165, 1.54) is 16.4 Å². The zero-order valence-electron chi connectivity index (χ0n) is 13.5. The zero-order chi connectivity index (χ0) is 17.0. The first-order valence-electron chi connectivity index (χ1n) is 8.27. The van der Waals surface area contributed by atoms with Gasteiger partial charge in [0.15, 0.2) is 0 Å². The van der Waals surface area contributed by atoms with E-state index in [0.29, 0.717) is 31.9 Å². The van der Waals surface area contributed by atoms with Gasteiger partial charge < -0.3 is 15.4 Å². The van der Waals surface area contributed by atoms with Crippen molar-refractivity contribution in [2.24, 2.45) is 0 Å². The van der Waals surface area contributed by atoms with Crippen molar-refractivity contribution in [2.75, 3.05) is 39.4 Å². The molecule has 1 atom stereocenters. The molecule has 2 N–H and O–H groups in total. The van der Waals surface area contributed by atoms with Crippen LogP contribution in [-0.4, -0.2) is 64.1 Å². The van der Waals surface area contributed by atoms with Crippen molar-refractivity contribution in [1.29, 1.82) is 0 Å². The van der Waals surface area contributed by atoms with E-state index in [9.17, 15) is 13.2 Å². The fourth-order valence-corrected chi connectivity index (χ4v) is 4.37. The van der Waals surface area contributed by atoms with Gasteiger partial charge in [-0.25, -0.2) is 8.42 Å². The molecule has 2 fully saturated rings. The van der Waals surface area contributed by atoms with Crippen molar-refractivity contribution in [3.63, 3.8) is 0 Å². The minimum absolute atomic E-state index is 0.128. The van der Waals surface area contributed by atoms with Gasteiger partial charge in [-0.3, -0.25) is 4.79 Å². The molecule has 0 saturated carbocycles. The summed E-state index contributed by atoms with van der Waals surface area (Å²) in [7, 11) is -3.52. The summed E-state index contributed by atoms with van der Waals surface area (Å²) in [6.45, 7) is 3.30. The van der Waals surface area contributed by atoms with E-state index >= 15 is 0 Å². The number of carbonyl (C=O) groups is 1. The van der Waals surface area contributed by atoms with E-state index < -0.39 is 10.0 Å². The summed E-state index contributed by atoms with van der Waals surface area (Å²) in [6.07, 6.45) is 2.00. The third-order valence-electron chi connectivity index (χ3n) is 4.36. The molecule has 0 unspecified atom stereocenters. The Kier molecular flexibility index (Phi) is 5.50. The average Bonchev–Trinajstić information content (AvgIpc) is 2.63. The van der Waals surface area contributed by atoms with Crippen LogP contribution < -0.4 is 10.6 Å². The maximum absolute atomic E-state index is 12.5. The molecule has 1 aromatic rings. The molecular weight excluding hydrogens is 330 g/mol. The molecule has 0 spiro atoms. The fraction of sp³-hybridized carbons (Fsp3) is 0.562. The maximum Gasteiger partial charge on any atom is 0.251 e. The largest absolute Gasteiger partial charge is 0.379 e. The van der Waals surface area contributed by atoms with Crippen molar-refractivity contribution < 1.29 is 17.9 Å². The minimum Gasteiger partial charge on any atom is -0.379 e. The van der Waals surface area contributed by atoms with Crippen molar-refractivity contribution >= 4 is 15.9 Å². The van der Waals surface area contributed by atoms with Gasteiger partial charge in [-0.2, -0.15) is 4.31 Å². The highest BCUT2D eigenvalue weighted by Gasteiger charge is 2.26. The van der Waals surface area contributed by atoms with Crippen LogP contribution in [0, 0.1) is 0 Å². The number of hydrogen-bond donors (Lipinski definition) is 2. The number of sulfonamides is 1. The normalized spacial score (nSPS) is 22.9. The first kappa shape index (κ1) is 17.3. The molecule has 0 radical (unpaired) electrons. The Labute approximate surface area is 142 Å². The number of rotatable bonds is 4. The van der Waals surface area contributed by atoms with E-state index in [1.807, 2.05) is 0 Å². The van der Waals surface area contributed by atoms with Crippen LogP contribution in [0.5, 0.6) is 0 Å². The lowest BCUT2D eigenvalue weighted by Crippen LogP contribution is -2.45. The number of ether oxygens (including phenoxy) is 1. The predicted octanol–water partition coefficient (Wildman–Crippen LogP) is 0.189. The lowest BCUT2D eigenvalue weighted by atomic mass is 10.1. The molecule has 1 aromatic carbocycles. The van der Waals surface area contributed by atoms with Gasteiger partial charge in [0.05, 0.1) is 18.1 Å². The molecule has 24 heavy (non-hydrogen) atoms. The van der Waals surface area contributed by atoms with Crippen molar-refractivity contribution in [3.8, 4) is 0 Å². The number of benzene rings is 1. The molecule has 7 nitrogen and oxygen atoms in total. The minimum atomic E-state index is -3.52. The molecule has 0 aromatic heterocycles. The Morgan fingerprint density at radius 2 is 1.92 bits per heavy atom. The van der Waals surface area contributed by atoms with Crippen molar-refractivity contribution in [2.45, 2.75) is 23.8 Å². The van der Waals surface area contributed by atoms with Crippen LogP contribution in [-0.2, 0) is 14.8 Å². The van der Waals surface area contributed by atoms with Crippen LogP contribution in [0.1, 0.15) is 23.2 Å². The third-order valence-corrected chi connectivity index (χ3v) is 6.27.